The molecule has 1 amide bonds. The Morgan fingerprint density at radius 3 is 2.28 bits per heavy atom. The maximum Gasteiger partial charge on any atom is 0.241 e. The standard InChI is InChI=1S/C25H30N2OS/c1-18-6-5-7-22(10-18)27(29-23-8-3-2-4-9-23)17-24(28)26-25-14-19-11-20(15-25)13-21(12-19)16-25/h2-10,19-21H,11-17H2,1H3,(H,26,28). The second-order valence-electron chi connectivity index (χ2n) is 9.53. The molecule has 29 heavy (non-hydrogen) atoms. The van der Waals surface area contributed by atoms with Crippen molar-refractivity contribution < 1.29 is 4.79 Å². The van der Waals surface area contributed by atoms with Gasteiger partial charge in [-0.15, -0.1) is 0 Å². The van der Waals surface area contributed by atoms with Gasteiger partial charge >= 0.3 is 0 Å². The fraction of sp³-hybridized carbons (Fsp3) is 0.480. The normalized spacial score (nSPS) is 29.6. The zero-order chi connectivity index (χ0) is 19.8. The van der Waals surface area contributed by atoms with E-state index >= 15 is 0 Å². The van der Waals surface area contributed by atoms with Crippen LogP contribution in [0.1, 0.15) is 44.1 Å². The molecule has 0 spiro atoms. The Morgan fingerprint density at radius 2 is 1.66 bits per heavy atom. The van der Waals surface area contributed by atoms with Crippen molar-refractivity contribution in [3.8, 4) is 0 Å². The molecule has 4 fully saturated rings. The lowest BCUT2D eigenvalue weighted by atomic mass is 9.53. The molecule has 2 aromatic rings. The first-order chi connectivity index (χ1) is 14.1. The average molecular weight is 407 g/mol. The quantitative estimate of drug-likeness (QED) is 0.634. The minimum absolute atomic E-state index is 0.0710. The van der Waals surface area contributed by atoms with Gasteiger partial charge in [0.05, 0.1) is 0 Å². The van der Waals surface area contributed by atoms with Crippen LogP contribution in [0.2, 0.25) is 0 Å². The second-order valence-corrected chi connectivity index (χ2v) is 10.6. The second kappa shape index (κ2) is 7.71. The third-order valence-electron chi connectivity index (χ3n) is 6.98. The Labute approximate surface area is 178 Å². The number of hydrogen-bond acceptors (Lipinski definition) is 3. The summed E-state index contributed by atoms with van der Waals surface area (Å²) in [5.41, 5.74) is 2.36. The predicted octanol–water partition coefficient (Wildman–Crippen LogP) is 5.59. The highest BCUT2D eigenvalue weighted by molar-refractivity contribution is 8.00. The molecule has 0 radical (unpaired) electrons. The number of nitrogens with zero attached hydrogens (tertiary/aromatic N) is 1. The van der Waals surface area contributed by atoms with E-state index in [4.69, 9.17) is 0 Å². The fourth-order valence-corrected chi connectivity index (χ4v) is 7.23. The van der Waals surface area contributed by atoms with Gasteiger partial charge in [-0.25, -0.2) is 0 Å². The van der Waals surface area contributed by atoms with Crippen LogP contribution in [0.3, 0.4) is 0 Å². The van der Waals surface area contributed by atoms with E-state index in [0.29, 0.717) is 6.54 Å². The van der Waals surface area contributed by atoms with Crippen LogP contribution in [0.25, 0.3) is 0 Å². The molecule has 4 aliphatic rings. The SMILES string of the molecule is Cc1cccc(N(CC(=O)NC23CC4CC(CC(C4)C2)C3)Sc2ccccc2)c1. The number of anilines is 1. The van der Waals surface area contributed by atoms with Crippen LogP contribution < -0.4 is 9.62 Å². The number of rotatable bonds is 6. The summed E-state index contributed by atoms with van der Waals surface area (Å²) < 4.78 is 2.14. The molecule has 6 rings (SSSR count). The molecule has 4 saturated carbocycles. The van der Waals surface area contributed by atoms with Gasteiger partial charge < -0.3 is 9.62 Å². The highest BCUT2D eigenvalue weighted by Crippen LogP contribution is 2.55. The minimum Gasteiger partial charge on any atom is -0.349 e. The Balaban J connectivity index is 1.32. The van der Waals surface area contributed by atoms with Gasteiger partial charge in [0.2, 0.25) is 5.91 Å². The highest BCUT2D eigenvalue weighted by atomic mass is 32.2. The Morgan fingerprint density at radius 1 is 1.00 bits per heavy atom. The molecule has 0 aliphatic heterocycles. The summed E-state index contributed by atoms with van der Waals surface area (Å²) in [6, 6.07) is 18.8. The van der Waals surface area contributed by atoms with E-state index in [0.717, 1.165) is 28.3 Å². The van der Waals surface area contributed by atoms with Crippen LogP contribution in [0.4, 0.5) is 5.69 Å². The van der Waals surface area contributed by atoms with E-state index in [9.17, 15) is 4.79 Å². The van der Waals surface area contributed by atoms with Gasteiger partial charge in [0.15, 0.2) is 0 Å². The van der Waals surface area contributed by atoms with Crippen LogP contribution >= 0.6 is 11.9 Å². The van der Waals surface area contributed by atoms with Gasteiger partial charge in [-0.2, -0.15) is 0 Å². The summed E-state index contributed by atoms with van der Waals surface area (Å²) in [4.78, 5) is 14.4. The first-order valence-corrected chi connectivity index (χ1v) is 11.7. The molecule has 3 nitrogen and oxygen atoms in total. The molecule has 0 unspecified atom stereocenters. The van der Waals surface area contributed by atoms with Crippen molar-refractivity contribution in [3.05, 3.63) is 60.2 Å². The number of hydrogen-bond donors (Lipinski definition) is 1. The molecular formula is C25H30N2OS. The van der Waals surface area contributed by atoms with E-state index in [1.165, 1.54) is 44.1 Å². The van der Waals surface area contributed by atoms with Crippen molar-refractivity contribution in [2.75, 3.05) is 10.8 Å². The van der Waals surface area contributed by atoms with Crippen LogP contribution in [0.5, 0.6) is 0 Å². The summed E-state index contributed by atoms with van der Waals surface area (Å²) in [6.45, 7) is 2.48. The maximum atomic E-state index is 13.2. The lowest BCUT2D eigenvalue weighted by Crippen LogP contribution is -2.60. The van der Waals surface area contributed by atoms with Crippen molar-refractivity contribution in [1.29, 1.82) is 0 Å². The number of carbonyl (C=O) groups is 1. The van der Waals surface area contributed by atoms with Crippen LogP contribution in [0, 0.1) is 24.7 Å². The number of aryl methyl sites for hydroxylation is 1. The lowest BCUT2D eigenvalue weighted by molar-refractivity contribution is -0.125. The molecule has 0 heterocycles. The zero-order valence-corrected chi connectivity index (χ0v) is 18.0. The van der Waals surface area contributed by atoms with E-state index in [1.54, 1.807) is 11.9 Å². The van der Waals surface area contributed by atoms with Gasteiger partial charge in [-0.1, -0.05) is 30.3 Å². The smallest absolute Gasteiger partial charge is 0.241 e. The van der Waals surface area contributed by atoms with E-state index in [2.05, 4.69) is 52.9 Å². The Kier molecular flexibility index (Phi) is 5.07. The molecule has 4 aliphatic carbocycles. The molecule has 1 N–H and O–H groups in total. The van der Waals surface area contributed by atoms with E-state index < -0.39 is 0 Å². The average Bonchev–Trinajstić information content (AvgIpc) is 2.67. The molecular weight excluding hydrogens is 376 g/mol. The van der Waals surface area contributed by atoms with Gasteiger partial charge in [0.1, 0.15) is 6.54 Å². The summed E-state index contributed by atoms with van der Waals surface area (Å²) in [5, 5.41) is 3.53. The first-order valence-electron chi connectivity index (χ1n) is 11.0. The van der Waals surface area contributed by atoms with Gasteiger partial charge in [-0.05, 0) is 105 Å². The molecule has 2 aromatic carbocycles. The third-order valence-corrected chi connectivity index (χ3v) is 8.02. The van der Waals surface area contributed by atoms with Crippen LogP contribution in [0.15, 0.2) is 59.5 Å². The topological polar surface area (TPSA) is 32.3 Å². The summed E-state index contributed by atoms with van der Waals surface area (Å²) in [6.07, 6.45) is 7.78. The number of amides is 1. The summed E-state index contributed by atoms with van der Waals surface area (Å²) >= 11 is 1.64. The molecule has 0 aromatic heterocycles. The third kappa shape index (κ3) is 4.18. The van der Waals surface area contributed by atoms with Crippen molar-refractivity contribution in [3.63, 3.8) is 0 Å². The first kappa shape index (κ1) is 19.0. The van der Waals surface area contributed by atoms with Gasteiger partial charge in [0.25, 0.3) is 0 Å². The van der Waals surface area contributed by atoms with Crippen molar-refractivity contribution in [2.24, 2.45) is 17.8 Å². The zero-order valence-electron chi connectivity index (χ0n) is 17.1. The van der Waals surface area contributed by atoms with E-state index in [-0.39, 0.29) is 11.4 Å². The summed E-state index contributed by atoms with van der Waals surface area (Å²) in [7, 11) is 0. The van der Waals surface area contributed by atoms with Gasteiger partial charge in [-0.3, -0.25) is 4.79 Å². The lowest BCUT2D eigenvalue weighted by Gasteiger charge is -2.57. The monoisotopic (exact) mass is 406 g/mol. The van der Waals surface area contributed by atoms with Crippen LogP contribution in [-0.4, -0.2) is 18.0 Å². The number of benzene rings is 2. The Bertz CT molecular complexity index is 846. The van der Waals surface area contributed by atoms with Crippen molar-refractivity contribution in [2.45, 2.75) is 55.9 Å². The predicted molar refractivity (Wildman–Crippen MR) is 120 cm³/mol. The number of carbonyl (C=O) groups excluding carboxylic acids is 1. The van der Waals surface area contributed by atoms with E-state index in [1.807, 2.05) is 18.2 Å². The number of nitrogens with one attached hydrogen (secondary N) is 1. The molecule has 4 bridgehead atoms. The maximum absolute atomic E-state index is 13.2. The molecule has 0 atom stereocenters. The molecule has 4 heteroatoms. The van der Waals surface area contributed by atoms with Gasteiger partial charge in [0, 0.05) is 16.1 Å². The largest absolute Gasteiger partial charge is 0.349 e. The van der Waals surface area contributed by atoms with Crippen molar-refractivity contribution in [1.82, 2.24) is 5.32 Å². The molecule has 0 saturated heterocycles. The highest BCUT2D eigenvalue weighted by Gasteiger charge is 2.51. The fourth-order valence-electron chi connectivity index (χ4n) is 6.30. The Hall–Kier alpha value is -1.94. The minimum atomic E-state index is 0.0710. The van der Waals surface area contributed by atoms with Crippen LogP contribution in [-0.2, 0) is 4.79 Å². The molecule has 152 valence electrons. The summed E-state index contributed by atoms with van der Waals surface area (Å²) in [5.74, 6) is 2.69. The van der Waals surface area contributed by atoms with Crippen molar-refractivity contribution >= 4 is 23.5 Å².